The van der Waals surface area contributed by atoms with Crippen molar-refractivity contribution < 1.29 is 0 Å². The third-order valence-electron chi connectivity index (χ3n) is 3.48. The van der Waals surface area contributed by atoms with Gasteiger partial charge in [0.25, 0.3) is 0 Å². The molecule has 2 heterocycles. The standard InChI is InChI=1S/C14H17BrN4S/c15-13-17-18-14(20-13)16-12-7-4-8-19(10-12)9-11-5-2-1-3-6-11/h1-3,5-6,12H,4,7-10H2,(H,16,18). The number of likely N-dealkylation sites (tertiary alicyclic amines) is 1. The van der Waals surface area contributed by atoms with Crippen LogP contribution in [0.2, 0.25) is 0 Å². The molecule has 3 rings (SSSR count). The van der Waals surface area contributed by atoms with E-state index >= 15 is 0 Å². The summed E-state index contributed by atoms with van der Waals surface area (Å²) in [5, 5.41) is 12.5. The van der Waals surface area contributed by atoms with Gasteiger partial charge in [-0.15, -0.1) is 10.2 Å². The second-order valence-electron chi connectivity index (χ2n) is 5.06. The van der Waals surface area contributed by atoms with E-state index < -0.39 is 0 Å². The van der Waals surface area contributed by atoms with Gasteiger partial charge in [-0.25, -0.2) is 0 Å². The van der Waals surface area contributed by atoms with Crippen LogP contribution in [0.3, 0.4) is 0 Å². The first-order chi connectivity index (χ1) is 9.79. The monoisotopic (exact) mass is 352 g/mol. The largest absolute Gasteiger partial charge is 0.356 e. The molecule has 106 valence electrons. The molecule has 1 atom stereocenters. The first-order valence-electron chi connectivity index (χ1n) is 6.81. The maximum absolute atomic E-state index is 4.11. The molecule has 1 unspecified atom stereocenters. The van der Waals surface area contributed by atoms with Crippen molar-refractivity contribution in [3.05, 3.63) is 39.8 Å². The molecule has 4 nitrogen and oxygen atoms in total. The molecule has 0 bridgehead atoms. The average Bonchev–Trinajstić information content (AvgIpc) is 2.86. The number of anilines is 1. The van der Waals surface area contributed by atoms with Gasteiger partial charge in [-0.1, -0.05) is 41.7 Å². The molecule has 1 fully saturated rings. The molecule has 0 amide bonds. The average molecular weight is 353 g/mol. The number of halogens is 1. The fourth-order valence-corrected chi connectivity index (χ4v) is 3.68. The Morgan fingerprint density at radius 1 is 1.30 bits per heavy atom. The van der Waals surface area contributed by atoms with Gasteiger partial charge in [0.1, 0.15) is 0 Å². The van der Waals surface area contributed by atoms with E-state index in [2.05, 4.69) is 66.7 Å². The van der Waals surface area contributed by atoms with Crippen molar-refractivity contribution in [3.63, 3.8) is 0 Å². The predicted octanol–water partition coefficient (Wildman–Crippen LogP) is 3.38. The van der Waals surface area contributed by atoms with Gasteiger partial charge in [-0.2, -0.15) is 0 Å². The molecule has 0 radical (unpaired) electrons. The maximum atomic E-state index is 4.11. The summed E-state index contributed by atoms with van der Waals surface area (Å²) in [7, 11) is 0. The van der Waals surface area contributed by atoms with Crippen LogP contribution in [-0.2, 0) is 6.54 Å². The van der Waals surface area contributed by atoms with E-state index in [0.29, 0.717) is 6.04 Å². The van der Waals surface area contributed by atoms with Crippen LogP contribution >= 0.6 is 27.3 Å². The third kappa shape index (κ3) is 3.77. The number of nitrogens with zero attached hydrogens (tertiary/aromatic N) is 3. The lowest BCUT2D eigenvalue weighted by Crippen LogP contribution is -2.41. The first kappa shape index (κ1) is 14.0. The number of piperidine rings is 1. The van der Waals surface area contributed by atoms with Gasteiger partial charge in [0.2, 0.25) is 5.13 Å². The van der Waals surface area contributed by atoms with E-state index in [4.69, 9.17) is 0 Å². The predicted molar refractivity (Wildman–Crippen MR) is 86.0 cm³/mol. The zero-order valence-corrected chi connectivity index (χ0v) is 13.5. The second-order valence-corrected chi connectivity index (χ2v) is 7.32. The SMILES string of the molecule is Brc1nnc(NC2CCCN(Cc3ccccc3)C2)s1. The number of benzene rings is 1. The van der Waals surface area contributed by atoms with Gasteiger partial charge in [-0.3, -0.25) is 4.90 Å². The minimum atomic E-state index is 0.465. The molecular weight excluding hydrogens is 336 g/mol. The number of hydrogen-bond donors (Lipinski definition) is 1. The Bertz CT molecular complexity index is 545. The molecule has 1 N–H and O–H groups in total. The lowest BCUT2D eigenvalue weighted by atomic mass is 10.1. The summed E-state index contributed by atoms with van der Waals surface area (Å²) < 4.78 is 0.831. The molecule has 0 spiro atoms. The molecule has 1 saturated heterocycles. The van der Waals surface area contributed by atoms with Crippen LogP contribution in [0.1, 0.15) is 18.4 Å². The fourth-order valence-electron chi connectivity index (χ4n) is 2.60. The summed E-state index contributed by atoms with van der Waals surface area (Å²) in [4.78, 5) is 2.51. The van der Waals surface area contributed by atoms with Crippen LogP contribution in [0.25, 0.3) is 0 Å². The second kappa shape index (κ2) is 6.65. The summed E-state index contributed by atoms with van der Waals surface area (Å²) in [6.07, 6.45) is 2.42. The van der Waals surface area contributed by atoms with Crippen molar-refractivity contribution in [2.75, 3.05) is 18.4 Å². The molecule has 1 aliphatic rings. The fraction of sp³-hybridized carbons (Fsp3) is 0.429. The summed E-state index contributed by atoms with van der Waals surface area (Å²) >= 11 is 4.90. The highest BCUT2D eigenvalue weighted by atomic mass is 79.9. The highest BCUT2D eigenvalue weighted by Crippen LogP contribution is 2.23. The van der Waals surface area contributed by atoms with Crippen molar-refractivity contribution in [2.45, 2.75) is 25.4 Å². The van der Waals surface area contributed by atoms with Crippen molar-refractivity contribution in [3.8, 4) is 0 Å². The van der Waals surface area contributed by atoms with Crippen molar-refractivity contribution in [2.24, 2.45) is 0 Å². The van der Waals surface area contributed by atoms with E-state index in [9.17, 15) is 0 Å². The van der Waals surface area contributed by atoms with Crippen LogP contribution < -0.4 is 5.32 Å². The molecular formula is C14H17BrN4S. The van der Waals surface area contributed by atoms with Gasteiger partial charge >= 0.3 is 0 Å². The molecule has 1 aromatic heterocycles. The summed E-state index contributed by atoms with van der Waals surface area (Å²) in [5.74, 6) is 0. The molecule has 0 aliphatic carbocycles. The normalized spacial score (nSPS) is 19.9. The quantitative estimate of drug-likeness (QED) is 0.915. The van der Waals surface area contributed by atoms with E-state index in [1.807, 2.05) is 0 Å². The van der Waals surface area contributed by atoms with Gasteiger partial charge in [0.05, 0.1) is 0 Å². The lowest BCUT2D eigenvalue weighted by molar-refractivity contribution is 0.208. The van der Waals surface area contributed by atoms with Gasteiger partial charge in [0, 0.05) is 19.1 Å². The van der Waals surface area contributed by atoms with E-state index in [-0.39, 0.29) is 0 Å². The maximum Gasteiger partial charge on any atom is 0.206 e. The van der Waals surface area contributed by atoms with Crippen molar-refractivity contribution >= 4 is 32.4 Å². The van der Waals surface area contributed by atoms with Gasteiger partial charge < -0.3 is 5.32 Å². The zero-order chi connectivity index (χ0) is 13.8. The summed E-state index contributed by atoms with van der Waals surface area (Å²) in [5.41, 5.74) is 1.38. The molecule has 6 heteroatoms. The van der Waals surface area contributed by atoms with Crippen LogP contribution in [0.4, 0.5) is 5.13 Å². The molecule has 0 saturated carbocycles. The Balaban J connectivity index is 1.56. The Morgan fingerprint density at radius 2 is 2.15 bits per heavy atom. The summed E-state index contributed by atoms with van der Waals surface area (Å²) in [6, 6.07) is 11.1. The molecule has 20 heavy (non-hydrogen) atoms. The third-order valence-corrected chi connectivity index (χ3v) is 4.77. The smallest absolute Gasteiger partial charge is 0.206 e. The van der Waals surface area contributed by atoms with Gasteiger partial charge in [0.15, 0.2) is 3.92 Å². The Hall–Kier alpha value is -0.980. The van der Waals surface area contributed by atoms with Gasteiger partial charge in [-0.05, 0) is 40.9 Å². The Kier molecular flexibility index (Phi) is 4.65. The van der Waals surface area contributed by atoms with E-state index in [0.717, 1.165) is 22.1 Å². The van der Waals surface area contributed by atoms with Crippen LogP contribution in [0.15, 0.2) is 34.2 Å². The number of rotatable bonds is 4. The molecule has 1 aromatic carbocycles. The first-order valence-corrected chi connectivity index (χ1v) is 8.42. The summed E-state index contributed by atoms with van der Waals surface area (Å²) in [6.45, 7) is 3.26. The molecule has 2 aromatic rings. The zero-order valence-electron chi connectivity index (χ0n) is 11.1. The highest BCUT2D eigenvalue weighted by Gasteiger charge is 2.20. The van der Waals surface area contributed by atoms with Crippen LogP contribution in [0.5, 0.6) is 0 Å². The number of aromatic nitrogens is 2. The minimum absolute atomic E-state index is 0.465. The van der Waals surface area contributed by atoms with Crippen molar-refractivity contribution in [1.29, 1.82) is 0 Å². The number of hydrogen-bond acceptors (Lipinski definition) is 5. The topological polar surface area (TPSA) is 41.1 Å². The highest BCUT2D eigenvalue weighted by molar-refractivity contribution is 9.11. The van der Waals surface area contributed by atoms with Crippen LogP contribution in [0, 0.1) is 0 Å². The van der Waals surface area contributed by atoms with Crippen molar-refractivity contribution in [1.82, 2.24) is 15.1 Å². The number of nitrogens with one attached hydrogen (secondary N) is 1. The lowest BCUT2D eigenvalue weighted by Gasteiger charge is -2.33. The Morgan fingerprint density at radius 3 is 2.90 bits per heavy atom. The van der Waals surface area contributed by atoms with Crippen LogP contribution in [-0.4, -0.2) is 34.2 Å². The van der Waals surface area contributed by atoms with E-state index in [1.54, 1.807) is 11.3 Å². The van der Waals surface area contributed by atoms with E-state index in [1.165, 1.54) is 24.9 Å². The Labute approximate surface area is 131 Å². The molecule has 1 aliphatic heterocycles. The minimum Gasteiger partial charge on any atom is -0.356 e.